The topological polar surface area (TPSA) is 76.1 Å². The first-order chi connectivity index (χ1) is 10.2. The summed E-state index contributed by atoms with van der Waals surface area (Å²) in [5.74, 6) is -1.89. The minimum absolute atomic E-state index is 0.00142. The highest BCUT2D eigenvalue weighted by Gasteiger charge is 2.53. The van der Waals surface area contributed by atoms with Gasteiger partial charge in [-0.1, -0.05) is 18.2 Å². The maximum atomic E-state index is 11.4. The molecule has 0 aromatic heterocycles. The SMILES string of the molecule is C=C(C(=O)O)[C@H]1C[C@@H]2O[C@]2(C)CC/C=C(\C)C[C@H]1OC(C)=O. The number of carbonyl (C=O) groups is 2. The fraction of sp³-hybridized carbons (Fsp3) is 0.647. The van der Waals surface area contributed by atoms with Crippen LogP contribution in [0.2, 0.25) is 0 Å². The van der Waals surface area contributed by atoms with Crippen molar-refractivity contribution in [3.05, 3.63) is 23.8 Å². The Hall–Kier alpha value is -1.62. The van der Waals surface area contributed by atoms with Crippen molar-refractivity contribution in [2.24, 2.45) is 5.92 Å². The predicted molar refractivity (Wildman–Crippen MR) is 81.3 cm³/mol. The van der Waals surface area contributed by atoms with Crippen LogP contribution in [0, 0.1) is 5.92 Å². The van der Waals surface area contributed by atoms with Crippen LogP contribution in [-0.2, 0) is 19.1 Å². The van der Waals surface area contributed by atoms with Crippen molar-refractivity contribution in [2.75, 3.05) is 0 Å². The summed E-state index contributed by atoms with van der Waals surface area (Å²) in [5, 5.41) is 9.31. The second kappa shape index (κ2) is 6.24. The number of carboxylic acid groups (broad SMARTS) is 1. The van der Waals surface area contributed by atoms with Crippen LogP contribution in [0.1, 0.15) is 46.5 Å². The van der Waals surface area contributed by atoms with E-state index >= 15 is 0 Å². The van der Waals surface area contributed by atoms with Crippen molar-refractivity contribution in [1.29, 1.82) is 0 Å². The molecule has 0 aromatic rings. The molecule has 0 amide bonds. The lowest BCUT2D eigenvalue weighted by Gasteiger charge is -2.28. The van der Waals surface area contributed by atoms with E-state index in [1.54, 1.807) is 0 Å². The van der Waals surface area contributed by atoms with Gasteiger partial charge in [-0.25, -0.2) is 4.79 Å². The van der Waals surface area contributed by atoms with Gasteiger partial charge in [0, 0.05) is 24.8 Å². The van der Waals surface area contributed by atoms with E-state index in [0.29, 0.717) is 12.8 Å². The normalized spacial score (nSPS) is 37.2. The number of esters is 1. The van der Waals surface area contributed by atoms with Gasteiger partial charge in [0.15, 0.2) is 0 Å². The van der Waals surface area contributed by atoms with Crippen LogP contribution in [0.4, 0.5) is 0 Å². The van der Waals surface area contributed by atoms with E-state index in [1.807, 2.05) is 13.8 Å². The first-order valence-electron chi connectivity index (χ1n) is 7.65. The van der Waals surface area contributed by atoms with Gasteiger partial charge in [0.1, 0.15) is 6.10 Å². The summed E-state index contributed by atoms with van der Waals surface area (Å²) >= 11 is 0. The Kier molecular flexibility index (Phi) is 4.75. The van der Waals surface area contributed by atoms with E-state index in [2.05, 4.69) is 12.7 Å². The number of hydrogen-bond acceptors (Lipinski definition) is 4. The van der Waals surface area contributed by atoms with Crippen LogP contribution in [0.15, 0.2) is 23.8 Å². The standard InChI is InChI=1S/C17H24O5/c1-10-6-5-7-17(4)15(22-17)9-13(11(2)16(19)20)14(8-10)21-12(3)18/h6,13-15H,2,5,7-9H2,1,3-4H3,(H,19,20)/b10-6+/t13-,14-,15+,17-/m1/s1. The fourth-order valence-corrected chi connectivity index (χ4v) is 3.20. The average Bonchev–Trinajstić information content (AvgIpc) is 3.04. The minimum atomic E-state index is -1.05. The molecule has 1 aliphatic carbocycles. The van der Waals surface area contributed by atoms with Crippen molar-refractivity contribution < 1.29 is 24.2 Å². The van der Waals surface area contributed by atoms with E-state index in [0.717, 1.165) is 18.4 Å². The molecule has 1 heterocycles. The molecule has 1 saturated heterocycles. The van der Waals surface area contributed by atoms with Crippen molar-refractivity contribution in [3.8, 4) is 0 Å². The molecule has 1 fully saturated rings. The molecule has 2 aliphatic rings. The van der Waals surface area contributed by atoms with Crippen LogP contribution in [-0.4, -0.2) is 34.9 Å². The first kappa shape index (κ1) is 16.7. The van der Waals surface area contributed by atoms with Gasteiger partial charge in [0.2, 0.25) is 0 Å². The molecule has 122 valence electrons. The Balaban J connectivity index is 2.30. The summed E-state index contributed by atoms with van der Waals surface area (Å²) in [6, 6.07) is 0. The number of fused-ring (bicyclic) bond motifs is 1. The Morgan fingerprint density at radius 1 is 1.50 bits per heavy atom. The second-order valence-electron chi connectivity index (χ2n) is 6.53. The van der Waals surface area contributed by atoms with Crippen LogP contribution < -0.4 is 0 Å². The largest absolute Gasteiger partial charge is 0.478 e. The summed E-state index contributed by atoms with van der Waals surface area (Å²) in [6.45, 7) is 9.06. The summed E-state index contributed by atoms with van der Waals surface area (Å²) in [4.78, 5) is 22.8. The van der Waals surface area contributed by atoms with Gasteiger partial charge in [-0.3, -0.25) is 4.79 Å². The van der Waals surface area contributed by atoms with E-state index in [1.165, 1.54) is 6.92 Å². The van der Waals surface area contributed by atoms with Gasteiger partial charge >= 0.3 is 11.9 Å². The van der Waals surface area contributed by atoms with Crippen molar-refractivity contribution in [2.45, 2.75) is 64.3 Å². The monoisotopic (exact) mass is 308 g/mol. The van der Waals surface area contributed by atoms with Crippen LogP contribution >= 0.6 is 0 Å². The molecule has 2 rings (SSSR count). The van der Waals surface area contributed by atoms with Crippen molar-refractivity contribution in [3.63, 3.8) is 0 Å². The number of rotatable bonds is 3. The number of ether oxygens (including phenoxy) is 2. The van der Waals surface area contributed by atoms with E-state index in [9.17, 15) is 14.7 Å². The Morgan fingerprint density at radius 3 is 2.77 bits per heavy atom. The molecule has 4 atom stereocenters. The predicted octanol–water partition coefficient (Wildman–Crippen LogP) is 2.85. The third-order valence-electron chi connectivity index (χ3n) is 4.65. The van der Waals surface area contributed by atoms with Gasteiger partial charge < -0.3 is 14.6 Å². The fourth-order valence-electron chi connectivity index (χ4n) is 3.20. The number of carbonyl (C=O) groups excluding carboxylic acids is 1. The maximum absolute atomic E-state index is 11.4. The third kappa shape index (κ3) is 3.77. The Bertz CT molecular complexity index is 521. The highest BCUT2D eigenvalue weighted by Crippen LogP contribution is 2.46. The first-order valence-corrected chi connectivity index (χ1v) is 7.65. The molecule has 1 aliphatic heterocycles. The number of allylic oxidation sites excluding steroid dienone is 1. The smallest absolute Gasteiger partial charge is 0.331 e. The number of hydrogen-bond donors (Lipinski definition) is 1. The zero-order valence-electron chi connectivity index (χ0n) is 13.4. The molecule has 0 radical (unpaired) electrons. The Labute approximate surface area is 131 Å². The molecule has 0 aromatic carbocycles. The van der Waals surface area contributed by atoms with Crippen LogP contribution in [0.25, 0.3) is 0 Å². The second-order valence-corrected chi connectivity index (χ2v) is 6.53. The lowest BCUT2D eigenvalue weighted by molar-refractivity contribution is -0.149. The number of carboxylic acids is 1. The lowest BCUT2D eigenvalue weighted by Crippen LogP contribution is -2.32. The van der Waals surface area contributed by atoms with E-state index in [-0.39, 0.29) is 17.3 Å². The summed E-state index contributed by atoms with van der Waals surface area (Å²) in [6.07, 6.45) is 4.48. The zero-order valence-corrected chi connectivity index (χ0v) is 13.4. The quantitative estimate of drug-likeness (QED) is 0.375. The molecular weight excluding hydrogens is 284 g/mol. The van der Waals surface area contributed by atoms with Gasteiger partial charge in [-0.15, -0.1) is 0 Å². The summed E-state index contributed by atoms with van der Waals surface area (Å²) in [7, 11) is 0. The van der Waals surface area contributed by atoms with Crippen molar-refractivity contribution >= 4 is 11.9 Å². The van der Waals surface area contributed by atoms with Gasteiger partial charge in [0.25, 0.3) is 0 Å². The third-order valence-corrected chi connectivity index (χ3v) is 4.65. The average molecular weight is 308 g/mol. The molecule has 5 heteroatoms. The molecule has 5 nitrogen and oxygen atoms in total. The number of aliphatic carboxylic acids is 1. The molecule has 0 spiro atoms. The van der Waals surface area contributed by atoms with E-state index in [4.69, 9.17) is 9.47 Å². The number of epoxide rings is 1. The molecule has 22 heavy (non-hydrogen) atoms. The molecular formula is C17H24O5. The summed E-state index contributed by atoms with van der Waals surface area (Å²) in [5.41, 5.74) is 0.973. The summed E-state index contributed by atoms with van der Waals surface area (Å²) < 4.78 is 11.2. The zero-order chi connectivity index (χ0) is 16.5. The minimum Gasteiger partial charge on any atom is -0.478 e. The molecule has 0 unspecified atom stereocenters. The van der Waals surface area contributed by atoms with Crippen LogP contribution in [0.3, 0.4) is 0 Å². The van der Waals surface area contributed by atoms with Gasteiger partial charge in [0.05, 0.1) is 11.7 Å². The molecule has 1 N–H and O–H groups in total. The van der Waals surface area contributed by atoms with Crippen LogP contribution in [0.5, 0.6) is 0 Å². The highest BCUT2D eigenvalue weighted by molar-refractivity contribution is 5.86. The maximum Gasteiger partial charge on any atom is 0.331 e. The van der Waals surface area contributed by atoms with Crippen molar-refractivity contribution in [1.82, 2.24) is 0 Å². The molecule has 0 bridgehead atoms. The van der Waals surface area contributed by atoms with E-state index < -0.39 is 24.0 Å². The van der Waals surface area contributed by atoms with Gasteiger partial charge in [-0.05, 0) is 33.1 Å². The molecule has 0 saturated carbocycles. The van der Waals surface area contributed by atoms with Gasteiger partial charge in [-0.2, -0.15) is 0 Å². The lowest BCUT2D eigenvalue weighted by atomic mass is 9.82. The highest BCUT2D eigenvalue weighted by atomic mass is 16.6. The Morgan fingerprint density at radius 2 is 2.18 bits per heavy atom.